The van der Waals surface area contributed by atoms with E-state index < -0.39 is 17.7 Å². The topological polar surface area (TPSA) is 63.3 Å². The smallest absolute Gasteiger partial charge is 0.416 e. The van der Waals surface area contributed by atoms with E-state index >= 15 is 0 Å². The molecule has 2 aromatic heterocycles. The third kappa shape index (κ3) is 4.90. The number of aliphatic carboxylic acids is 1. The van der Waals surface area contributed by atoms with Gasteiger partial charge in [-0.05, 0) is 78.9 Å². The van der Waals surface area contributed by atoms with Crippen LogP contribution in [-0.4, -0.2) is 16.2 Å². The summed E-state index contributed by atoms with van der Waals surface area (Å²) in [5.74, 6) is -0.846. The van der Waals surface area contributed by atoms with E-state index in [1.165, 1.54) is 17.4 Å². The highest BCUT2D eigenvalue weighted by atomic mass is 32.1. The van der Waals surface area contributed by atoms with Crippen LogP contribution >= 0.6 is 11.3 Å². The van der Waals surface area contributed by atoms with Gasteiger partial charge in [-0.15, -0.1) is 11.3 Å². The van der Waals surface area contributed by atoms with E-state index in [1.54, 1.807) is 6.07 Å². The fraction of sp³-hybridized carbons (Fsp3) is 0.360. The quantitative estimate of drug-likeness (QED) is 0.295. The second kappa shape index (κ2) is 9.17. The van der Waals surface area contributed by atoms with Crippen molar-refractivity contribution >= 4 is 38.4 Å². The van der Waals surface area contributed by atoms with Crippen molar-refractivity contribution in [3.8, 4) is 0 Å². The number of thiophene rings is 1. The maximum absolute atomic E-state index is 13.2. The SMILES string of the molecule is CCCc1c(CCc2noc3cc(CCC(=O)O)c(C)cc23)sc2cc(C(F)(F)F)ccc12. The predicted molar refractivity (Wildman–Crippen MR) is 123 cm³/mol. The fourth-order valence-corrected chi connectivity index (χ4v) is 5.50. The van der Waals surface area contributed by atoms with Crippen molar-refractivity contribution in [2.24, 2.45) is 0 Å². The molecule has 0 spiro atoms. The first-order chi connectivity index (χ1) is 15.7. The lowest BCUT2D eigenvalue weighted by molar-refractivity contribution is -0.138. The average Bonchev–Trinajstić information content (AvgIpc) is 3.30. The Morgan fingerprint density at radius 3 is 2.58 bits per heavy atom. The summed E-state index contributed by atoms with van der Waals surface area (Å²) in [6.45, 7) is 4.00. The highest BCUT2D eigenvalue weighted by Gasteiger charge is 2.31. The van der Waals surface area contributed by atoms with E-state index in [0.29, 0.717) is 29.5 Å². The van der Waals surface area contributed by atoms with Crippen molar-refractivity contribution in [3.05, 3.63) is 63.2 Å². The first-order valence-corrected chi connectivity index (χ1v) is 11.7. The molecule has 0 bridgehead atoms. The van der Waals surface area contributed by atoms with Gasteiger partial charge in [-0.3, -0.25) is 4.79 Å². The van der Waals surface area contributed by atoms with Gasteiger partial charge in [0.1, 0.15) is 0 Å². The average molecular weight is 476 g/mol. The Labute approximate surface area is 193 Å². The van der Waals surface area contributed by atoms with Crippen LogP contribution in [0.4, 0.5) is 13.2 Å². The predicted octanol–water partition coefficient (Wildman–Crippen LogP) is 7.12. The highest BCUT2D eigenvalue weighted by Crippen LogP contribution is 2.38. The molecule has 174 valence electrons. The molecular weight excluding hydrogens is 451 g/mol. The number of nitrogens with zero attached hydrogens (tertiary/aromatic N) is 1. The molecule has 0 radical (unpaired) electrons. The summed E-state index contributed by atoms with van der Waals surface area (Å²) in [5.41, 5.74) is 3.82. The number of hydrogen-bond donors (Lipinski definition) is 1. The van der Waals surface area contributed by atoms with Gasteiger partial charge in [0.25, 0.3) is 0 Å². The minimum Gasteiger partial charge on any atom is -0.481 e. The molecule has 0 aliphatic carbocycles. The summed E-state index contributed by atoms with van der Waals surface area (Å²) in [7, 11) is 0. The molecule has 1 N–H and O–H groups in total. The van der Waals surface area contributed by atoms with Crippen molar-refractivity contribution in [2.45, 2.75) is 58.5 Å². The van der Waals surface area contributed by atoms with Gasteiger partial charge < -0.3 is 9.63 Å². The normalized spacial score (nSPS) is 12.2. The lowest BCUT2D eigenvalue weighted by Crippen LogP contribution is -2.03. The fourth-order valence-electron chi connectivity index (χ4n) is 4.21. The number of carboxylic acids is 1. The molecule has 0 saturated heterocycles. The summed E-state index contributed by atoms with van der Waals surface area (Å²) in [5, 5.41) is 15.0. The van der Waals surface area contributed by atoms with Crippen molar-refractivity contribution < 1.29 is 27.6 Å². The van der Waals surface area contributed by atoms with Crippen LogP contribution in [0, 0.1) is 6.92 Å². The van der Waals surface area contributed by atoms with E-state index in [1.807, 2.05) is 19.1 Å². The molecule has 0 unspecified atom stereocenters. The molecule has 2 aromatic carbocycles. The molecule has 0 atom stereocenters. The van der Waals surface area contributed by atoms with E-state index in [0.717, 1.165) is 56.9 Å². The number of fused-ring (bicyclic) bond motifs is 2. The molecule has 4 nitrogen and oxygen atoms in total. The zero-order valence-electron chi connectivity index (χ0n) is 18.4. The van der Waals surface area contributed by atoms with Crippen LogP contribution in [0.1, 0.15) is 52.6 Å². The van der Waals surface area contributed by atoms with Crippen molar-refractivity contribution in [1.82, 2.24) is 5.16 Å². The van der Waals surface area contributed by atoms with Crippen LogP contribution in [0.5, 0.6) is 0 Å². The first kappa shape index (κ1) is 23.3. The number of aromatic nitrogens is 1. The molecule has 33 heavy (non-hydrogen) atoms. The summed E-state index contributed by atoms with van der Waals surface area (Å²) in [6, 6.07) is 7.83. The maximum atomic E-state index is 13.2. The van der Waals surface area contributed by atoms with Gasteiger partial charge in [0.15, 0.2) is 5.58 Å². The highest BCUT2D eigenvalue weighted by molar-refractivity contribution is 7.19. The molecule has 8 heteroatoms. The Hall–Kier alpha value is -2.87. The number of carboxylic acid groups (broad SMARTS) is 1. The standard InChI is InChI=1S/C25H24F3NO3S/c1-3-4-17-18-7-6-16(25(26,27)28)13-23(18)33-22(17)9-8-20-19-11-14(2)15(5-10-24(30)31)12-21(19)32-29-20/h6-7,11-13H,3-5,8-10H2,1-2H3,(H,30,31). The number of aryl methyl sites for hydroxylation is 5. The number of benzene rings is 2. The second-order valence-corrected chi connectivity index (χ2v) is 9.40. The van der Waals surface area contributed by atoms with Gasteiger partial charge in [0.2, 0.25) is 0 Å². The molecule has 4 rings (SSSR count). The van der Waals surface area contributed by atoms with Crippen molar-refractivity contribution in [1.29, 1.82) is 0 Å². The lowest BCUT2D eigenvalue weighted by atomic mass is 9.99. The Balaban J connectivity index is 1.61. The van der Waals surface area contributed by atoms with Gasteiger partial charge >= 0.3 is 12.1 Å². The number of halogens is 3. The van der Waals surface area contributed by atoms with E-state index in [-0.39, 0.29) is 6.42 Å². The number of alkyl halides is 3. The van der Waals surface area contributed by atoms with E-state index in [4.69, 9.17) is 9.63 Å². The number of hydrogen-bond acceptors (Lipinski definition) is 4. The summed E-state index contributed by atoms with van der Waals surface area (Å²) >= 11 is 1.42. The zero-order chi connectivity index (χ0) is 23.8. The van der Waals surface area contributed by atoms with Crippen LogP contribution in [0.15, 0.2) is 34.9 Å². The maximum Gasteiger partial charge on any atom is 0.416 e. The third-order valence-electron chi connectivity index (χ3n) is 5.90. The molecule has 0 aliphatic rings. The largest absolute Gasteiger partial charge is 0.481 e. The van der Waals surface area contributed by atoms with Crippen molar-refractivity contribution in [2.75, 3.05) is 0 Å². The van der Waals surface area contributed by atoms with Gasteiger partial charge in [0, 0.05) is 21.4 Å². The van der Waals surface area contributed by atoms with Gasteiger partial charge in [-0.1, -0.05) is 24.6 Å². The summed E-state index contributed by atoms with van der Waals surface area (Å²) < 4.78 is 45.6. The van der Waals surface area contributed by atoms with Crippen molar-refractivity contribution in [3.63, 3.8) is 0 Å². The van der Waals surface area contributed by atoms with Gasteiger partial charge in [0.05, 0.1) is 11.3 Å². The van der Waals surface area contributed by atoms with Crippen LogP contribution in [0.3, 0.4) is 0 Å². The second-order valence-electron chi connectivity index (χ2n) is 8.26. The minimum atomic E-state index is -4.36. The zero-order valence-corrected chi connectivity index (χ0v) is 19.2. The lowest BCUT2D eigenvalue weighted by Gasteiger charge is -2.06. The summed E-state index contributed by atoms with van der Waals surface area (Å²) in [4.78, 5) is 12.0. The number of carbonyl (C=O) groups is 1. The molecule has 0 saturated carbocycles. The monoisotopic (exact) mass is 475 g/mol. The Bertz CT molecular complexity index is 1320. The number of rotatable bonds is 8. The summed E-state index contributed by atoms with van der Waals surface area (Å²) in [6.07, 6.45) is -0.889. The Morgan fingerprint density at radius 2 is 1.88 bits per heavy atom. The van der Waals surface area contributed by atoms with Gasteiger partial charge in [-0.2, -0.15) is 13.2 Å². The Morgan fingerprint density at radius 1 is 1.09 bits per heavy atom. The molecular formula is C25H24F3NO3S. The first-order valence-electron chi connectivity index (χ1n) is 10.9. The molecule has 0 amide bonds. The molecule has 0 aliphatic heterocycles. The third-order valence-corrected chi connectivity index (χ3v) is 7.16. The Kier molecular flexibility index (Phi) is 6.47. The van der Waals surface area contributed by atoms with E-state index in [2.05, 4.69) is 12.1 Å². The van der Waals surface area contributed by atoms with Crippen LogP contribution in [-0.2, 0) is 36.7 Å². The van der Waals surface area contributed by atoms with E-state index in [9.17, 15) is 18.0 Å². The van der Waals surface area contributed by atoms with Gasteiger partial charge in [-0.25, -0.2) is 0 Å². The molecule has 0 fully saturated rings. The molecule has 2 heterocycles. The van der Waals surface area contributed by atoms with Crippen LogP contribution in [0.25, 0.3) is 21.1 Å². The minimum absolute atomic E-state index is 0.0511. The molecule has 4 aromatic rings. The van der Waals surface area contributed by atoms with Crippen LogP contribution < -0.4 is 0 Å². The van der Waals surface area contributed by atoms with Crippen LogP contribution in [0.2, 0.25) is 0 Å².